The van der Waals surface area contributed by atoms with Crippen LogP contribution in [0.4, 0.5) is 0 Å². The highest BCUT2D eigenvalue weighted by atomic mass is 16.7. The van der Waals surface area contributed by atoms with Crippen molar-refractivity contribution < 1.29 is 66.8 Å². The van der Waals surface area contributed by atoms with Crippen LogP contribution in [-0.2, 0) is 73.3 Å². The molecule has 20 nitrogen and oxygen atoms in total. The van der Waals surface area contributed by atoms with E-state index in [1.165, 1.54) is 14.2 Å². The molecule has 0 aliphatic rings. The minimum atomic E-state index is -1.64. The number of amides is 6. The zero-order valence-electron chi connectivity index (χ0n) is 47.6. The van der Waals surface area contributed by atoms with E-state index >= 15 is 0 Å². The molecule has 0 heterocycles. The highest BCUT2D eigenvalue weighted by Crippen LogP contribution is 2.22. The third-order valence-electron chi connectivity index (χ3n) is 10.9. The Bertz CT molecular complexity index is 2140. The van der Waals surface area contributed by atoms with E-state index in [9.17, 15) is 43.2 Å². The second-order valence-corrected chi connectivity index (χ2v) is 23.1. The summed E-state index contributed by atoms with van der Waals surface area (Å²) in [7, 11) is 2.85. The van der Waals surface area contributed by atoms with E-state index in [0.717, 1.165) is 5.56 Å². The molecule has 0 unspecified atom stereocenters. The fourth-order valence-electron chi connectivity index (χ4n) is 7.47. The molecule has 0 radical (unpaired) electrons. The van der Waals surface area contributed by atoms with Crippen molar-refractivity contribution in [1.29, 1.82) is 0 Å². The topological polar surface area (TPSA) is 272 Å². The van der Waals surface area contributed by atoms with Crippen LogP contribution in [0.1, 0.15) is 159 Å². The number of hydrogen-bond donors (Lipinski definition) is 6. The van der Waals surface area contributed by atoms with Gasteiger partial charge in [-0.3, -0.25) is 43.2 Å². The van der Waals surface area contributed by atoms with E-state index in [2.05, 4.69) is 37.8 Å². The van der Waals surface area contributed by atoms with Crippen LogP contribution < -0.4 is 31.9 Å². The van der Waals surface area contributed by atoms with Crippen LogP contribution in [0.3, 0.4) is 0 Å². The Morgan fingerprint density at radius 1 is 0.560 bits per heavy atom. The zero-order valence-corrected chi connectivity index (χ0v) is 47.6. The second kappa shape index (κ2) is 30.5. The highest BCUT2D eigenvalue weighted by Gasteiger charge is 2.39. The van der Waals surface area contributed by atoms with Gasteiger partial charge in [0.1, 0.15) is 47.0 Å². The van der Waals surface area contributed by atoms with Crippen molar-refractivity contribution in [2.24, 2.45) is 11.3 Å². The summed E-state index contributed by atoms with van der Waals surface area (Å²) in [4.78, 5) is 124. The van der Waals surface area contributed by atoms with Crippen molar-refractivity contribution in [3.05, 3.63) is 35.4 Å². The average molecular weight is 1060 g/mol. The van der Waals surface area contributed by atoms with Gasteiger partial charge < -0.3 is 55.6 Å². The molecular weight excluding hydrogens is 969 g/mol. The van der Waals surface area contributed by atoms with Crippen LogP contribution in [0.15, 0.2) is 24.3 Å². The van der Waals surface area contributed by atoms with Crippen LogP contribution in [0, 0.1) is 30.6 Å². The third-order valence-corrected chi connectivity index (χ3v) is 10.9. The predicted octanol–water partition coefficient (Wildman–Crippen LogP) is 4.55. The van der Waals surface area contributed by atoms with Gasteiger partial charge in [0.2, 0.25) is 35.4 Å². The van der Waals surface area contributed by atoms with Gasteiger partial charge in [-0.15, -0.1) is 12.3 Å². The Balaban J connectivity index is 3.80. The Morgan fingerprint density at radius 2 is 1.04 bits per heavy atom. The second-order valence-electron chi connectivity index (χ2n) is 23.1. The lowest BCUT2D eigenvalue weighted by molar-refractivity contribution is -0.158. The number of hydrogen-bond acceptors (Lipinski definition) is 14. The maximum absolute atomic E-state index is 14.7. The molecule has 75 heavy (non-hydrogen) atoms. The molecule has 20 heteroatoms. The molecule has 0 aliphatic carbocycles. The predicted molar refractivity (Wildman–Crippen MR) is 282 cm³/mol. The SMILES string of the molecule is C#CCC[C@H](NC(=O)[C@H](CC(C)C)NC(=O)[C@@H](NC(=O)[C@H](Cc1ccccc1C)NC(=O)[C@H](CCC(=O)OC(C)(C)C)NC(=O)[C@H](CC(=O)OC(C)(C)C)NC(=O)CCC(=O)OC(C)(C)C)C(C)(C)C)C(OC)OC. The van der Waals surface area contributed by atoms with E-state index in [0.29, 0.717) is 18.4 Å². The van der Waals surface area contributed by atoms with Gasteiger partial charge in [0.15, 0.2) is 6.29 Å². The normalized spacial score (nSPS) is 14.4. The molecule has 0 saturated carbocycles. The molecule has 6 N–H and O–H groups in total. The standard InChI is InChI=1S/C55H88N6O14/c1-19-20-25-37(51(71-17)72-18)58-47(67)38(30-33(2)3)60-50(70)45(52(5,6)7)61-49(69)39(31-35-24-22-21-23-34(35)4)59-46(66)36(26-28-42(63)73-53(8,9)10)57-48(68)40(32-44(65)75-55(14,15)16)56-41(62)27-29-43(64)74-54(11,12)13/h1,21-24,33,36-40,45,51H,20,25-32H2,2-18H3,(H,56,62)(H,57,68)(H,58,67)(H,59,66)(H,60,70)(H,61,69)/t36-,37-,38-,39-,40-,45+/m0/s1. The maximum atomic E-state index is 14.7. The molecule has 6 atom stereocenters. The van der Waals surface area contributed by atoms with Crippen LogP contribution in [-0.4, -0.2) is 127 Å². The van der Waals surface area contributed by atoms with E-state index in [-0.39, 0.29) is 31.6 Å². The fourth-order valence-corrected chi connectivity index (χ4v) is 7.47. The largest absolute Gasteiger partial charge is 0.460 e. The third kappa shape index (κ3) is 27.3. The van der Waals surface area contributed by atoms with Crippen molar-refractivity contribution in [2.45, 2.75) is 221 Å². The summed E-state index contributed by atoms with van der Waals surface area (Å²) >= 11 is 0. The van der Waals surface area contributed by atoms with Gasteiger partial charge in [-0.25, -0.2) is 0 Å². The molecule has 0 bridgehead atoms. The number of carbonyl (C=O) groups is 9. The number of terminal acetylenes is 1. The zero-order chi connectivity index (χ0) is 57.6. The Kier molecular flexibility index (Phi) is 27.2. The van der Waals surface area contributed by atoms with Crippen molar-refractivity contribution in [1.82, 2.24) is 31.9 Å². The molecular formula is C55H88N6O14. The number of methoxy groups -OCH3 is 2. The van der Waals surface area contributed by atoms with E-state index in [1.54, 1.807) is 101 Å². The first-order valence-electron chi connectivity index (χ1n) is 25.5. The summed E-state index contributed by atoms with van der Waals surface area (Å²) in [5, 5.41) is 16.3. The molecule has 1 aromatic carbocycles. The van der Waals surface area contributed by atoms with Gasteiger partial charge in [-0.1, -0.05) is 58.9 Å². The molecule has 1 rings (SSSR count). The Morgan fingerprint density at radius 3 is 1.55 bits per heavy atom. The molecule has 0 aromatic heterocycles. The average Bonchev–Trinajstić information content (AvgIpc) is 3.25. The Labute approximate surface area is 445 Å². The van der Waals surface area contributed by atoms with Crippen LogP contribution >= 0.6 is 0 Å². The lowest BCUT2D eigenvalue weighted by Gasteiger charge is -2.34. The number of rotatable bonds is 28. The molecule has 6 amide bonds. The Hall–Kier alpha value is -6.07. The summed E-state index contributed by atoms with van der Waals surface area (Å²) < 4.78 is 27.1. The monoisotopic (exact) mass is 1060 g/mol. The van der Waals surface area contributed by atoms with Crippen LogP contribution in [0.25, 0.3) is 0 Å². The number of carbonyl (C=O) groups excluding carboxylic acids is 9. The summed E-state index contributed by atoms with van der Waals surface area (Å²) in [6.45, 7) is 25.5. The van der Waals surface area contributed by atoms with Gasteiger partial charge in [0, 0.05) is 39.9 Å². The fraction of sp³-hybridized carbons (Fsp3) is 0.691. The van der Waals surface area contributed by atoms with E-state index in [4.69, 9.17) is 30.1 Å². The van der Waals surface area contributed by atoms with Crippen molar-refractivity contribution in [3.63, 3.8) is 0 Å². The molecule has 0 fully saturated rings. The minimum absolute atomic E-state index is 0.0704. The number of nitrogens with one attached hydrogen (secondary N) is 6. The summed E-state index contributed by atoms with van der Waals surface area (Å²) in [5.41, 5.74) is -2.28. The summed E-state index contributed by atoms with van der Waals surface area (Å²) in [6, 6.07) is -0.568. The van der Waals surface area contributed by atoms with Crippen LogP contribution in [0.2, 0.25) is 0 Å². The summed E-state index contributed by atoms with van der Waals surface area (Å²) in [5.74, 6) is -4.58. The van der Waals surface area contributed by atoms with Gasteiger partial charge in [0.05, 0.1) is 18.9 Å². The first kappa shape index (κ1) is 66.9. The number of ether oxygens (including phenoxy) is 5. The van der Waals surface area contributed by atoms with Crippen molar-refractivity contribution in [3.8, 4) is 12.3 Å². The molecule has 0 spiro atoms. The quantitative estimate of drug-likeness (QED) is 0.0291. The first-order chi connectivity index (χ1) is 34.5. The number of benzene rings is 1. The maximum Gasteiger partial charge on any atom is 0.308 e. The van der Waals surface area contributed by atoms with E-state index < -0.39 is 137 Å². The number of aryl methyl sites for hydroxylation is 1. The molecule has 0 saturated heterocycles. The van der Waals surface area contributed by atoms with Crippen LogP contribution in [0.5, 0.6) is 0 Å². The molecule has 0 aliphatic heterocycles. The van der Waals surface area contributed by atoms with Gasteiger partial charge >= 0.3 is 17.9 Å². The lowest BCUT2D eigenvalue weighted by atomic mass is 9.85. The lowest BCUT2D eigenvalue weighted by Crippen LogP contribution is -2.62. The molecule has 422 valence electrons. The van der Waals surface area contributed by atoms with Gasteiger partial charge in [0.25, 0.3) is 0 Å². The van der Waals surface area contributed by atoms with Crippen molar-refractivity contribution in [2.75, 3.05) is 14.2 Å². The van der Waals surface area contributed by atoms with Gasteiger partial charge in [-0.2, -0.15) is 0 Å². The van der Waals surface area contributed by atoms with E-state index in [1.807, 2.05) is 26.8 Å². The smallest absolute Gasteiger partial charge is 0.308 e. The molecule has 1 aromatic rings. The van der Waals surface area contributed by atoms with Gasteiger partial charge in [-0.05, 0) is 111 Å². The minimum Gasteiger partial charge on any atom is -0.460 e. The highest BCUT2D eigenvalue weighted by molar-refractivity contribution is 5.98. The number of esters is 3. The van der Waals surface area contributed by atoms with Crippen molar-refractivity contribution >= 4 is 53.4 Å². The first-order valence-corrected chi connectivity index (χ1v) is 25.5. The summed E-state index contributed by atoms with van der Waals surface area (Å²) in [6.07, 6.45) is 3.18.